The summed E-state index contributed by atoms with van der Waals surface area (Å²) >= 11 is 0. The number of allylic oxidation sites excluding steroid dienone is 5. The van der Waals surface area contributed by atoms with Gasteiger partial charge in [-0.15, -0.1) is 0 Å². The van der Waals surface area contributed by atoms with Crippen LogP contribution in [0, 0.1) is 5.82 Å². The van der Waals surface area contributed by atoms with Gasteiger partial charge in [0.15, 0.2) is 0 Å². The first-order valence-corrected chi connectivity index (χ1v) is 13.7. The number of hydrogen-bond acceptors (Lipinski definition) is 6. The molecule has 2 atom stereocenters. The highest BCUT2D eigenvalue weighted by Gasteiger charge is 2.32. The molecular formula is C32H37FN6O. The van der Waals surface area contributed by atoms with Crippen LogP contribution in [-0.4, -0.2) is 48.6 Å². The van der Waals surface area contributed by atoms with Gasteiger partial charge in [-0.1, -0.05) is 35.9 Å². The third-order valence-corrected chi connectivity index (χ3v) is 7.63. The number of rotatable bonds is 8. The first kappa shape index (κ1) is 27.4. The smallest absolute Gasteiger partial charge is 0.255 e. The molecule has 2 aromatic rings. The Bertz CT molecular complexity index is 1440. The average Bonchev–Trinajstić information content (AvgIpc) is 3.35. The van der Waals surface area contributed by atoms with E-state index >= 15 is 0 Å². The van der Waals surface area contributed by atoms with Crippen LogP contribution in [0.5, 0.6) is 0 Å². The standard InChI is InChI=1S/C32H37FN6O/c1-20(7-8-21(2)24-11-14-28-27(16-24)30-29(18-35-28)37-19-39(30)4)17-36-31-26(6-5-15-34-31)32(40)38-22(3)23-9-12-25(33)13-10-23/h5-13,15-16,22,28,35,37H,14,17-19H2,1-4H3,(H,34,36)(H,38,40)/b20-7+,21-8+/t22-,28-/m0/s1. The summed E-state index contributed by atoms with van der Waals surface area (Å²) in [4.78, 5) is 19.7. The quantitative estimate of drug-likeness (QED) is 0.355. The molecule has 0 unspecified atom stereocenters. The molecule has 0 fully saturated rings. The van der Waals surface area contributed by atoms with Crippen molar-refractivity contribution in [3.63, 3.8) is 0 Å². The van der Waals surface area contributed by atoms with Gasteiger partial charge in [0.1, 0.15) is 11.6 Å². The zero-order valence-corrected chi connectivity index (χ0v) is 23.5. The summed E-state index contributed by atoms with van der Waals surface area (Å²) in [5.41, 5.74) is 8.83. The highest BCUT2D eigenvalue weighted by atomic mass is 19.1. The van der Waals surface area contributed by atoms with Crippen molar-refractivity contribution in [3.8, 4) is 0 Å². The van der Waals surface area contributed by atoms with Crippen LogP contribution in [0.25, 0.3) is 0 Å². The van der Waals surface area contributed by atoms with E-state index in [-0.39, 0.29) is 17.8 Å². The van der Waals surface area contributed by atoms with E-state index in [1.165, 1.54) is 40.2 Å². The van der Waals surface area contributed by atoms with Gasteiger partial charge in [0.05, 0.1) is 29.7 Å². The number of nitrogens with one attached hydrogen (secondary N) is 4. The minimum Gasteiger partial charge on any atom is -0.368 e. The second-order valence-electron chi connectivity index (χ2n) is 10.7. The van der Waals surface area contributed by atoms with E-state index in [4.69, 9.17) is 0 Å². The Kier molecular flexibility index (Phi) is 8.16. The number of amides is 1. The molecule has 4 N–H and O–H groups in total. The first-order valence-electron chi connectivity index (χ1n) is 13.7. The van der Waals surface area contributed by atoms with Crippen molar-refractivity contribution < 1.29 is 9.18 Å². The van der Waals surface area contributed by atoms with Crippen LogP contribution in [0.15, 0.2) is 101 Å². The number of pyridine rings is 1. The van der Waals surface area contributed by atoms with E-state index in [0.29, 0.717) is 24.0 Å². The summed E-state index contributed by atoms with van der Waals surface area (Å²) in [5, 5.41) is 13.4. The molecule has 0 bridgehead atoms. The van der Waals surface area contributed by atoms with E-state index in [1.54, 1.807) is 30.5 Å². The van der Waals surface area contributed by atoms with Gasteiger partial charge in [0.2, 0.25) is 0 Å². The molecule has 5 rings (SSSR count). The minimum absolute atomic E-state index is 0.237. The maximum atomic E-state index is 13.3. The number of fused-ring (bicyclic) bond motifs is 2. The van der Waals surface area contributed by atoms with Gasteiger partial charge in [-0.3, -0.25) is 4.79 Å². The Morgan fingerprint density at radius 2 is 2.02 bits per heavy atom. The van der Waals surface area contributed by atoms with Crippen molar-refractivity contribution in [2.24, 2.45) is 0 Å². The van der Waals surface area contributed by atoms with Crippen molar-refractivity contribution in [2.45, 2.75) is 39.3 Å². The molecular weight excluding hydrogens is 503 g/mol. The third kappa shape index (κ3) is 6.02. The lowest BCUT2D eigenvalue weighted by Gasteiger charge is -2.32. The molecule has 208 valence electrons. The summed E-state index contributed by atoms with van der Waals surface area (Å²) < 4.78 is 13.3. The number of likely N-dealkylation sites (N-methyl/N-ethyl adjacent to an activating group) is 1. The van der Waals surface area contributed by atoms with E-state index in [0.717, 1.165) is 30.8 Å². The second kappa shape index (κ2) is 11.9. The molecule has 1 aromatic heterocycles. The van der Waals surface area contributed by atoms with Crippen molar-refractivity contribution in [1.29, 1.82) is 0 Å². The molecule has 0 saturated heterocycles. The van der Waals surface area contributed by atoms with Gasteiger partial charge in [0.25, 0.3) is 5.91 Å². The third-order valence-electron chi connectivity index (χ3n) is 7.63. The maximum absolute atomic E-state index is 13.3. The summed E-state index contributed by atoms with van der Waals surface area (Å²) in [6.45, 7) is 8.37. The molecule has 3 aliphatic rings. The average molecular weight is 541 g/mol. The number of carbonyl (C=O) groups excluding carboxylic acids is 1. The number of nitrogens with zero attached hydrogens (tertiary/aromatic N) is 2. The van der Waals surface area contributed by atoms with Crippen LogP contribution < -0.4 is 21.3 Å². The monoisotopic (exact) mass is 540 g/mol. The highest BCUT2D eigenvalue weighted by molar-refractivity contribution is 5.98. The SMILES string of the molecule is C/C(=C\C=C(/C)C1=CC[C@@H]2NCC3=C(C2=C1)N(C)CN3)CNc1ncccc1C(=O)N[C@@H](C)c1ccc(F)cc1. The summed E-state index contributed by atoms with van der Waals surface area (Å²) in [6, 6.07) is 9.73. The fourth-order valence-electron chi connectivity index (χ4n) is 5.26. The molecule has 0 saturated carbocycles. The molecule has 8 heteroatoms. The molecule has 2 aliphatic heterocycles. The Morgan fingerprint density at radius 3 is 2.83 bits per heavy atom. The minimum atomic E-state index is -0.303. The van der Waals surface area contributed by atoms with Crippen LogP contribution in [0.2, 0.25) is 0 Å². The zero-order chi connectivity index (χ0) is 28.2. The summed E-state index contributed by atoms with van der Waals surface area (Å²) in [5.74, 6) is -0.0181. The van der Waals surface area contributed by atoms with Crippen molar-refractivity contribution in [2.75, 3.05) is 32.1 Å². The molecule has 0 spiro atoms. The molecule has 1 aromatic carbocycles. The topological polar surface area (TPSA) is 81.3 Å². The van der Waals surface area contributed by atoms with E-state index < -0.39 is 0 Å². The molecule has 3 heterocycles. The Labute approximate surface area is 235 Å². The Balaban J connectivity index is 1.22. The molecule has 1 aliphatic carbocycles. The molecule has 7 nitrogen and oxygen atoms in total. The molecule has 40 heavy (non-hydrogen) atoms. The van der Waals surface area contributed by atoms with Crippen LogP contribution >= 0.6 is 0 Å². The first-order chi connectivity index (χ1) is 19.3. The lowest BCUT2D eigenvalue weighted by molar-refractivity contribution is 0.0940. The van der Waals surface area contributed by atoms with Gasteiger partial charge in [-0.05, 0) is 79.8 Å². The number of carbonyl (C=O) groups is 1. The van der Waals surface area contributed by atoms with Crippen LogP contribution in [-0.2, 0) is 0 Å². The van der Waals surface area contributed by atoms with Crippen LogP contribution in [0.1, 0.15) is 49.2 Å². The number of aromatic nitrogens is 1. The van der Waals surface area contributed by atoms with E-state index in [2.05, 4.69) is 76.4 Å². The van der Waals surface area contributed by atoms with Crippen molar-refractivity contribution in [3.05, 3.63) is 118 Å². The predicted octanol–water partition coefficient (Wildman–Crippen LogP) is 4.95. The van der Waals surface area contributed by atoms with Gasteiger partial charge >= 0.3 is 0 Å². The van der Waals surface area contributed by atoms with Crippen LogP contribution in [0.4, 0.5) is 10.2 Å². The maximum Gasteiger partial charge on any atom is 0.255 e. The lowest BCUT2D eigenvalue weighted by atomic mass is 9.87. The Hall–Kier alpha value is -4.17. The van der Waals surface area contributed by atoms with Crippen molar-refractivity contribution >= 4 is 11.7 Å². The van der Waals surface area contributed by atoms with Crippen LogP contribution in [0.3, 0.4) is 0 Å². The number of benzene rings is 1. The molecule has 0 radical (unpaired) electrons. The second-order valence-corrected chi connectivity index (χ2v) is 10.7. The molecule has 1 amide bonds. The van der Waals surface area contributed by atoms with E-state index in [1.807, 2.05) is 6.92 Å². The predicted molar refractivity (Wildman–Crippen MR) is 158 cm³/mol. The number of halogens is 1. The van der Waals surface area contributed by atoms with Gasteiger partial charge in [0, 0.05) is 32.4 Å². The van der Waals surface area contributed by atoms with Gasteiger partial charge in [-0.2, -0.15) is 0 Å². The summed E-state index contributed by atoms with van der Waals surface area (Å²) in [6.07, 6.45) is 11.5. The zero-order valence-electron chi connectivity index (χ0n) is 23.5. The fourth-order valence-corrected chi connectivity index (χ4v) is 5.26. The lowest BCUT2D eigenvalue weighted by Crippen LogP contribution is -2.40. The fraction of sp³-hybridized carbons (Fsp3) is 0.312. The number of hydrogen-bond donors (Lipinski definition) is 4. The Morgan fingerprint density at radius 1 is 1.23 bits per heavy atom. The summed E-state index contributed by atoms with van der Waals surface area (Å²) in [7, 11) is 2.14. The van der Waals surface area contributed by atoms with Gasteiger partial charge < -0.3 is 26.2 Å². The highest BCUT2D eigenvalue weighted by Crippen LogP contribution is 2.34. The van der Waals surface area contributed by atoms with E-state index in [9.17, 15) is 9.18 Å². The van der Waals surface area contributed by atoms with Crippen molar-refractivity contribution in [1.82, 2.24) is 25.8 Å². The normalized spacial score (nSPS) is 19.7. The van der Waals surface area contributed by atoms with Gasteiger partial charge in [-0.25, -0.2) is 9.37 Å². The largest absolute Gasteiger partial charge is 0.368 e. The number of anilines is 1.